The molecule has 4 heteroatoms. The number of aryl methyl sites for hydroxylation is 3. The van der Waals surface area contributed by atoms with Crippen LogP contribution in [0.4, 0.5) is 0 Å². The number of methoxy groups -OCH3 is 1. The van der Waals surface area contributed by atoms with Gasteiger partial charge in [0.25, 0.3) is 0 Å². The van der Waals surface area contributed by atoms with Crippen molar-refractivity contribution in [1.82, 2.24) is 4.98 Å². The van der Waals surface area contributed by atoms with Gasteiger partial charge in [0.2, 0.25) is 0 Å². The maximum Gasteiger partial charge on any atom is 0.119 e. The first-order valence-electron chi connectivity index (χ1n) is 5.92. The number of ether oxygens (including phenoxy) is 1. The fourth-order valence-corrected chi connectivity index (χ4v) is 2.75. The molecule has 0 spiro atoms. The molecule has 96 valence electrons. The van der Waals surface area contributed by atoms with E-state index >= 15 is 0 Å². The molecule has 2 rings (SSSR count). The molecule has 0 atom stereocenters. The normalized spacial score (nSPS) is 10.6. The highest BCUT2D eigenvalue weighted by molar-refractivity contribution is 7.11. The molecule has 3 nitrogen and oxygen atoms in total. The summed E-state index contributed by atoms with van der Waals surface area (Å²) < 4.78 is 5.20. The molecular weight excluding hydrogens is 246 g/mol. The number of benzene rings is 1. The van der Waals surface area contributed by atoms with E-state index in [0.29, 0.717) is 0 Å². The molecule has 0 saturated heterocycles. The molecule has 0 bridgehead atoms. The third-order valence-electron chi connectivity index (χ3n) is 2.84. The summed E-state index contributed by atoms with van der Waals surface area (Å²) in [6.45, 7) is 2.03. The first-order chi connectivity index (χ1) is 8.72. The van der Waals surface area contributed by atoms with Crippen LogP contribution in [0.5, 0.6) is 5.75 Å². The van der Waals surface area contributed by atoms with Gasteiger partial charge in [-0.05, 0) is 31.0 Å². The van der Waals surface area contributed by atoms with Crippen molar-refractivity contribution in [1.29, 1.82) is 0 Å². The van der Waals surface area contributed by atoms with Gasteiger partial charge in [0.15, 0.2) is 0 Å². The minimum Gasteiger partial charge on any atom is -0.497 e. The van der Waals surface area contributed by atoms with Gasteiger partial charge in [-0.1, -0.05) is 12.1 Å². The summed E-state index contributed by atoms with van der Waals surface area (Å²) in [6, 6.07) is 8.09. The predicted molar refractivity (Wildman–Crippen MR) is 73.2 cm³/mol. The van der Waals surface area contributed by atoms with Gasteiger partial charge >= 0.3 is 0 Å². The van der Waals surface area contributed by atoms with Crippen LogP contribution < -0.4 is 4.74 Å². The number of aromatic nitrogens is 1. The number of aliphatic hydroxyl groups is 1. The van der Waals surface area contributed by atoms with E-state index in [1.54, 1.807) is 18.4 Å². The van der Waals surface area contributed by atoms with Crippen LogP contribution in [0.2, 0.25) is 0 Å². The van der Waals surface area contributed by atoms with Crippen molar-refractivity contribution < 1.29 is 9.84 Å². The van der Waals surface area contributed by atoms with E-state index in [2.05, 4.69) is 11.1 Å². The van der Waals surface area contributed by atoms with Crippen molar-refractivity contribution in [3.05, 3.63) is 45.4 Å². The fourth-order valence-electron chi connectivity index (χ4n) is 1.82. The Morgan fingerprint density at radius 1 is 1.33 bits per heavy atom. The zero-order valence-corrected chi connectivity index (χ0v) is 11.5. The predicted octanol–water partition coefficient (Wildman–Crippen LogP) is 2.74. The van der Waals surface area contributed by atoms with Gasteiger partial charge in [-0.15, -0.1) is 11.3 Å². The van der Waals surface area contributed by atoms with Gasteiger partial charge in [-0.2, -0.15) is 0 Å². The molecular formula is C14H17NO2S. The fraction of sp³-hybridized carbons (Fsp3) is 0.357. The van der Waals surface area contributed by atoms with Crippen LogP contribution in [0.3, 0.4) is 0 Å². The standard InChI is InChI=1S/C14H17NO2S/c1-10-13(9-16)18-14(15-10)7-6-11-4-3-5-12(8-11)17-2/h3-5,8,16H,6-7,9H2,1-2H3. The molecule has 0 aliphatic carbocycles. The first kappa shape index (κ1) is 13.1. The van der Waals surface area contributed by atoms with Gasteiger partial charge in [-0.25, -0.2) is 4.98 Å². The summed E-state index contributed by atoms with van der Waals surface area (Å²) in [5.74, 6) is 0.888. The second-order valence-electron chi connectivity index (χ2n) is 4.13. The average Bonchev–Trinajstić information content (AvgIpc) is 2.77. The molecule has 0 fully saturated rings. The highest BCUT2D eigenvalue weighted by atomic mass is 32.1. The van der Waals surface area contributed by atoms with Crippen molar-refractivity contribution >= 4 is 11.3 Å². The minimum absolute atomic E-state index is 0.0860. The van der Waals surface area contributed by atoms with E-state index in [1.807, 2.05) is 25.1 Å². The lowest BCUT2D eigenvalue weighted by atomic mass is 10.1. The molecule has 0 aliphatic heterocycles. The largest absolute Gasteiger partial charge is 0.497 e. The van der Waals surface area contributed by atoms with Crippen LogP contribution in [0.1, 0.15) is 21.1 Å². The number of rotatable bonds is 5. The summed E-state index contributed by atoms with van der Waals surface area (Å²) in [7, 11) is 1.68. The van der Waals surface area contributed by atoms with Crippen molar-refractivity contribution in [2.24, 2.45) is 0 Å². The summed E-state index contributed by atoms with van der Waals surface area (Å²) in [6.07, 6.45) is 1.84. The minimum atomic E-state index is 0.0860. The van der Waals surface area contributed by atoms with Crippen LogP contribution in [0.15, 0.2) is 24.3 Å². The Kier molecular flexibility index (Phi) is 4.33. The van der Waals surface area contributed by atoms with E-state index in [9.17, 15) is 0 Å². The average molecular weight is 263 g/mol. The lowest BCUT2D eigenvalue weighted by Crippen LogP contribution is -1.92. The molecule has 0 amide bonds. The first-order valence-corrected chi connectivity index (χ1v) is 6.73. The SMILES string of the molecule is COc1cccc(CCc2nc(C)c(CO)s2)c1. The number of thiazole rings is 1. The lowest BCUT2D eigenvalue weighted by molar-refractivity contribution is 0.284. The van der Waals surface area contributed by atoms with E-state index in [-0.39, 0.29) is 6.61 Å². The molecule has 1 aromatic heterocycles. The van der Waals surface area contributed by atoms with E-state index in [0.717, 1.165) is 34.2 Å². The monoisotopic (exact) mass is 263 g/mol. The summed E-state index contributed by atoms with van der Waals surface area (Å²) >= 11 is 1.60. The molecule has 0 saturated carbocycles. The zero-order chi connectivity index (χ0) is 13.0. The van der Waals surface area contributed by atoms with Gasteiger partial charge in [0, 0.05) is 6.42 Å². The maximum absolute atomic E-state index is 9.14. The maximum atomic E-state index is 9.14. The van der Waals surface area contributed by atoms with Crippen LogP contribution >= 0.6 is 11.3 Å². The van der Waals surface area contributed by atoms with Gasteiger partial charge in [0.05, 0.1) is 29.3 Å². The molecule has 1 N–H and O–H groups in total. The summed E-state index contributed by atoms with van der Waals surface area (Å²) in [5.41, 5.74) is 2.19. The van der Waals surface area contributed by atoms with Gasteiger partial charge in [-0.3, -0.25) is 0 Å². The highest BCUT2D eigenvalue weighted by Crippen LogP contribution is 2.20. The van der Waals surface area contributed by atoms with Crippen LogP contribution in [-0.4, -0.2) is 17.2 Å². The van der Waals surface area contributed by atoms with Gasteiger partial charge in [0.1, 0.15) is 5.75 Å². The van der Waals surface area contributed by atoms with Crippen molar-refractivity contribution in [2.75, 3.05) is 7.11 Å². The number of hydrogen-bond donors (Lipinski definition) is 1. The van der Waals surface area contributed by atoms with E-state index in [1.165, 1.54) is 5.56 Å². The van der Waals surface area contributed by atoms with Crippen LogP contribution in [0.25, 0.3) is 0 Å². The van der Waals surface area contributed by atoms with Crippen molar-refractivity contribution in [3.63, 3.8) is 0 Å². The summed E-state index contributed by atoms with van der Waals surface area (Å²) in [4.78, 5) is 5.43. The van der Waals surface area contributed by atoms with Crippen molar-refractivity contribution in [3.8, 4) is 5.75 Å². The highest BCUT2D eigenvalue weighted by Gasteiger charge is 2.06. The third kappa shape index (κ3) is 3.09. The number of aliphatic hydroxyl groups excluding tert-OH is 1. The summed E-state index contributed by atoms with van der Waals surface area (Å²) in [5, 5.41) is 10.2. The Morgan fingerprint density at radius 2 is 2.17 bits per heavy atom. The molecule has 1 aromatic carbocycles. The second-order valence-corrected chi connectivity index (χ2v) is 5.29. The van der Waals surface area contributed by atoms with Gasteiger partial charge < -0.3 is 9.84 Å². The topological polar surface area (TPSA) is 42.4 Å². The third-order valence-corrected chi connectivity index (χ3v) is 4.04. The Bertz CT molecular complexity index is 522. The molecule has 2 aromatic rings. The molecule has 1 heterocycles. The second kappa shape index (κ2) is 5.98. The van der Waals surface area contributed by atoms with Crippen LogP contribution in [-0.2, 0) is 19.4 Å². The smallest absolute Gasteiger partial charge is 0.119 e. The zero-order valence-electron chi connectivity index (χ0n) is 10.6. The van der Waals surface area contributed by atoms with E-state index < -0.39 is 0 Å². The van der Waals surface area contributed by atoms with Crippen molar-refractivity contribution in [2.45, 2.75) is 26.4 Å². The molecule has 0 aliphatic rings. The van der Waals surface area contributed by atoms with Crippen LogP contribution in [0, 0.1) is 6.92 Å². The Balaban J connectivity index is 2.01. The Hall–Kier alpha value is -1.39. The Morgan fingerprint density at radius 3 is 2.83 bits per heavy atom. The van der Waals surface area contributed by atoms with E-state index in [4.69, 9.17) is 9.84 Å². The number of hydrogen-bond acceptors (Lipinski definition) is 4. The molecule has 0 radical (unpaired) electrons. The number of nitrogens with zero attached hydrogens (tertiary/aromatic N) is 1. The lowest BCUT2D eigenvalue weighted by Gasteiger charge is -2.03. The Labute approximate surface area is 111 Å². The molecule has 0 unspecified atom stereocenters. The quantitative estimate of drug-likeness (QED) is 0.902. The molecule has 18 heavy (non-hydrogen) atoms.